The first-order chi connectivity index (χ1) is 15.2. The van der Waals surface area contributed by atoms with Crippen molar-refractivity contribution in [2.75, 3.05) is 11.4 Å². The molecule has 31 heavy (non-hydrogen) atoms. The smallest absolute Gasteiger partial charge is 0.188 e. The molecule has 4 heterocycles. The fraction of sp³-hybridized carbons (Fsp3) is 0.348. The van der Waals surface area contributed by atoms with Gasteiger partial charge in [0.15, 0.2) is 11.5 Å². The van der Waals surface area contributed by atoms with Crippen LogP contribution in [0.25, 0.3) is 17.0 Å². The topological polar surface area (TPSA) is 79.7 Å². The van der Waals surface area contributed by atoms with Gasteiger partial charge in [-0.15, -0.1) is 15.3 Å². The van der Waals surface area contributed by atoms with Gasteiger partial charge in [0.2, 0.25) is 0 Å². The number of aromatic nitrogens is 4. The van der Waals surface area contributed by atoms with Crippen LogP contribution in [0.5, 0.6) is 0 Å². The summed E-state index contributed by atoms with van der Waals surface area (Å²) in [4.78, 5) is 2.24. The minimum absolute atomic E-state index is 0.112. The molecule has 3 aromatic heterocycles. The van der Waals surface area contributed by atoms with Crippen molar-refractivity contribution in [2.24, 2.45) is 0 Å². The molecule has 2 atom stereocenters. The van der Waals surface area contributed by atoms with Gasteiger partial charge >= 0.3 is 0 Å². The van der Waals surface area contributed by atoms with Gasteiger partial charge in [0, 0.05) is 19.0 Å². The lowest BCUT2D eigenvalue weighted by Crippen LogP contribution is -2.37. The average Bonchev–Trinajstić information content (AvgIpc) is 3.41. The van der Waals surface area contributed by atoms with E-state index in [0.29, 0.717) is 29.2 Å². The van der Waals surface area contributed by atoms with Crippen molar-refractivity contribution in [2.45, 2.75) is 44.2 Å². The van der Waals surface area contributed by atoms with E-state index < -0.39 is 6.10 Å². The number of benzene rings is 1. The Labute approximate surface area is 179 Å². The third kappa shape index (κ3) is 3.90. The highest BCUT2D eigenvalue weighted by molar-refractivity contribution is 5.60. The first-order valence-electron chi connectivity index (χ1n) is 10.7. The number of hydrogen-bond donors (Lipinski definition) is 1. The summed E-state index contributed by atoms with van der Waals surface area (Å²) < 4.78 is 21.4. The van der Waals surface area contributed by atoms with Crippen LogP contribution in [0.15, 0.2) is 59.2 Å². The number of halogens is 1. The van der Waals surface area contributed by atoms with Gasteiger partial charge in [-0.2, -0.15) is 4.52 Å². The molecular formula is C23H24FN5O2. The summed E-state index contributed by atoms with van der Waals surface area (Å²) in [6.45, 7) is 0.838. The minimum atomic E-state index is -0.673. The van der Waals surface area contributed by atoms with Crippen molar-refractivity contribution >= 4 is 11.5 Å². The zero-order valence-corrected chi connectivity index (χ0v) is 17.1. The van der Waals surface area contributed by atoms with E-state index in [1.165, 1.54) is 6.07 Å². The van der Waals surface area contributed by atoms with Crippen molar-refractivity contribution in [3.63, 3.8) is 0 Å². The number of hydrogen-bond acceptors (Lipinski definition) is 6. The molecule has 0 bridgehead atoms. The largest absolute Gasteiger partial charge is 0.467 e. The number of anilines is 1. The number of fused-ring (bicyclic) bond motifs is 1. The Morgan fingerprint density at radius 3 is 2.81 bits per heavy atom. The van der Waals surface area contributed by atoms with E-state index in [1.54, 1.807) is 41.1 Å². The maximum Gasteiger partial charge on any atom is 0.188 e. The summed E-state index contributed by atoms with van der Waals surface area (Å²) in [6.07, 6.45) is 5.70. The molecule has 0 amide bonds. The van der Waals surface area contributed by atoms with E-state index in [4.69, 9.17) is 9.52 Å². The van der Waals surface area contributed by atoms with E-state index in [9.17, 15) is 9.50 Å². The van der Waals surface area contributed by atoms with E-state index in [2.05, 4.69) is 15.1 Å². The molecule has 0 saturated carbocycles. The van der Waals surface area contributed by atoms with E-state index in [-0.39, 0.29) is 11.9 Å². The van der Waals surface area contributed by atoms with Crippen LogP contribution in [0.2, 0.25) is 0 Å². The van der Waals surface area contributed by atoms with E-state index >= 15 is 0 Å². The molecule has 1 N–H and O–H groups in total. The number of rotatable bonds is 5. The van der Waals surface area contributed by atoms with Crippen LogP contribution in [-0.2, 0) is 0 Å². The molecule has 1 saturated heterocycles. The van der Waals surface area contributed by atoms with Crippen molar-refractivity contribution in [1.29, 1.82) is 0 Å². The summed E-state index contributed by atoms with van der Waals surface area (Å²) in [7, 11) is 0. The highest BCUT2D eigenvalue weighted by Gasteiger charge is 2.27. The van der Waals surface area contributed by atoms with Crippen molar-refractivity contribution in [3.05, 3.63) is 66.4 Å². The van der Waals surface area contributed by atoms with Crippen LogP contribution < -0.4 is 4.90 Å². The summed E-state index contributed by atoms with van der Waals surface area (Å²) >= 11 is 0. The predicted molar refractivity (Wildman–Crippen MR) is 114 cm³/mol. The quantitative estimate of drug-likeness (QED) is 0.515. The fourth-order valence-corrected chi connectivity index (χ4v) is 4.32. The van der Waals surface area contributed by atoms with Gasteiger partial charge in [0.25, 0.3) is 0 Å². The monoisotopic (exact) mass is 421 g/mol. The molecule has 0 radical (unpaired) electrons. The van der Waals surface area contributed by atoms with Crippen LogP contribution in [0.1, 0.15) is 44.0 Å². The third-order valence-corrected chi connectivity index (χ3v) is 5.90. The Balaban J connectivity index is 1.50. The zero-order valence-electron chi connectivity index (χ0n) is 17.1. The average molecular weight is 421 g/mol. The van der Waals surface area contributed by atoms with Gasteiger partial charge in [0.1, 0.15) is 23.5 Å². The standard InChI is InChI=1S/C23H24FN5O2/c24-18-9-4-3-8-17(18)23-26-25-21-11-12-22(27-29(21)23)28-13-5-1-2-7-16(28)15-19(30)20-10-6-14-31-20/h3-4,6,8-12,14,16,19,30H,1-2,5,7,13,15H2. The van der Waals surface area contributed by atoms with Crippen LogP contribution in [0, 0.1) is 5.82 Å². The van der Waals surface area contributed by atoms with Gasteiger partial charge in [-0.05, 0) is 49.2 Å². The second-order valence-electron chi connectivity index (χ2n) is 7.93. The molecule has 2 unspecified atom stereocenters. The molecule has 5 rings (SSSR count). The summed E-state index contributed by atoms with van der Waals surface area (Å²) in [6, 6.07) is 14.0. The van der Waals surface area contributed by atoms with Gasteiger partial charge in [-0.3, -0.25) is 0 Å². The lowest BCUT2D eigenvalue weighted by Gasteiger charge is -2.32. The molecule has 7 nitrogen and oxygen atoms in total. The molecule has 1 aliphatic heterocycles. The normalized spacial score (nSPS) is 18.3. The van der Waals surface area contributed by atoms with Crippen LogP contribution in [-0.4, -0.2) is 37.5 Å². The van der Waals surface area contributed by atoms with E-state index in [0.717, 1.165) is 38.0 Å². The molecular weight excluding hydrogens is 397 g/mol. The molecule has 1 fully saturated rings. The molecule has 0 aliphatic carbocycles. The molecule has 1 aromatic carbocycles. The number of aliphatic hydroxyl groups excluding tert-OH is 1. The minimum Gasteiger partial charge on any atom is -0.467 e. The maximum absolute atomic E-state index is 14.4. The third-order valence-electron chi connectivity index (χ3n) is 5.90. The number of furan rings is 1. The summed E-state index contributed by atoms with van der Waals surface area (Å²) in [5, 5.41) is 23.8. The maximum atomic E-state index is 14.4. The molecule has 0 spiro atoms. The second kappa shape index (κ2) is 8.47. The Bertz CT molecular complexity index is 1160. The van der Waals surface area contributed by atoms with Gasteiger partial charge in [-0.25, -0.2) is 4.39 Å². The first-order valence-corrected chi connectivity index (χ1v) is 10.7. The van der Waals surface area contributed by atoms with Crippen LogP contribution >= 0.6 is 0 Å². The van der Waals surface area contributed by atoms with Crippen LogP contribution in [0.4, 0.5) is 10.2 Å². The van der Waals surface area contributed by atoms with Gasteiger partial charge in [0.05, 0.1) is 11.8 Å². The van der Waals surface area contributed by atoms with E-state index in [1.807, 2.05) is 12.1 Å². The highest BCUT2D eigenvalue weighted by Crippen LogP contribution is 2.30. The number of nitrogens with zero attached hydrogens (tertiary/aromatic N) is 5. The lowest BCUT2D eigenvalue weighted by molar-refractivity contribution is 0.129. The first kappa shape index (κ1) is 19.7. The molecule has 4 aromatic rings. The molecule has 160 valence electrons. The Morgan fingerprint density at radius 1 is 1.06 bits per heavy atom. The molecule has 1 aliphatic rings. The van der Waals surface area contributed by atoms with Crippen molar-refractivity contribution < 1.29 is 13.9 Å². The number of aliphatic hydroxyl groups is 1. The summed E-state index contributed by atoms with van der Waals surface area (Å²) in [5.41, 5.74) is 0.921. The van der Waals surface area contributed by atoms with Crippen molar-refractivity contribution in [1.82, 2.24) is 19.8 Å². The van der Waals surface area contributed by atoms with Gasteiger partial charge < -0.3 is 14.4 Å². The molecule has 8 heteroatoms. The SMILES string of the molecule is OC(CC1CCCCCN1c1ccc2nnc(-c3ccccc3F)n2n1)c1ccco1. The summed E-state index contributed by atoms with van der Waals surface area (Å²) in [5.74, 6) is 1.35. The van der Waals surface area contributed by atoms with Crippen LogP contribution in [0.3, 0.4) is 0 Å². The lowest BCUT2D eigenvalue weighted by atomic mass is 10.0. The Morgan fingerprint density at radius 2 is 1.97 bits per heavy atom. The fourth-order valence-electron chi connectivity index (χ4n) is 4.32. The van der Waals surface area contributed by atoms with Gasteiger partial charge in [-0.1, -0.05) is 25.0 Å². The Kier molecular flexibility index (Phi) is 5.38. The Hall–Kier alpha value is -3.26. The zero-order chi connectivity index (χ0) is 21.2. The predicted octanol–water partition coefficient (Wildman–Crippen LogP) is 4.40. The highest BCUT2D eigenvalue weighted by atomic mass is 19.1. The van der Waals surface area contributed by atoms with Crippen molar-refractivity contribution in [3.8, 4) is 11.4 Å². The second-order valence-corrected chi connectivity index (χ2v) is 7.93.